The first-order valence-corrected chi connectivity index (χ1v) is 27.2. The Morgan fingerprint density at radius 2 is 0.705 bits per heavy atom. The molecule has 4 heterocycles. The molecule has 0 N–H and O–H groups in total. The lowest BCUT2D eigenvalue weighted by Gasteiger charge is -2.42. The van der Waals surface area contributed by atoms with E-state index in [1.807, 2.05) is 0 Å². The van der Waals surface area contributed by atoms with Gasteiger partial charge in [0.1, 0.15) is 0 Å². The Morgan fingerprint density at radius 1 is 0.333 bits per heavy atom. The number of hydrogen-bond acceptors (Lipinski definition) is 4. The molecule has 0 fully saturated rings. The first-order valence-electron chi connectivity index (χ1n) is 27.2. The Labute approximate surface area is 455 Å². The Balaban J connectivity index is 1.16. The van der Waals surface area contributed by atoms with Crippen molar-refractivity contribution >= 4 is 113 Å². The van der Waals surface area contributed by atoms with Crippen LogP contribution in [-0.4, -0.2) is 13.4 Å². The monoisotopic (exact) mass is 990 g/mol. The fourth-order valence-corrected chi connectivity index (χ4v) is 15.4. The van der Waals surface area contributed by atoms with Crippen LogP contribution < -0.4 is 42.6 Å². The second-order valence-electron chi connectivity index (χ2n) is 22.5. The molecule has 4 aliphatic rings. The summed E-state index contributed by atoms with van der Waals surface area (Å²) < 4.78 is 0. The highest BCUT2D eigenvalue weighted by Gasteiger charge is 2.46. The summed E-state index contributed by atoms with van der Waals surface area (Å²) in [6.07, 6.45) is 0. The molecule has 16 rings (SSSR count). The van der Waals surface area contributed by atoms with Crippen LogP contribution in [0.15, 0.2) is 182 Å². The van der Waals surface area contributed by atoms with Gasteiger partial charge in [-0.3, -0.25) is 0 Å². The summed E-state index contributed by atoms with van der Waals surface area (Å²) in [4.78, 5) is 4.78. The van der Waals surface area contributed by atoms with E-state index < -0.39 is 0 Å². The van der Waals surface area contributed by atoms with Crippen molar-refractivity contribution in [2.24, 2.45) is 0 Å². The molecule has 4 nitrogen and oxygen atoms in total. The molecule has 0 atom stereocenters. The summed E-state index contributed by atoms with van der Waals surface area (Å²) in [6.45, 7) is 13.2. The van der Waals surface area contributed by atoms with Gasteiger partial charge in [-0.15, -0.1) is 0 Å². The topological polar surface area (TPSA) is 54.1 Å². The van der Waals surface area contributed by atoms with Crippen molar-refractivity contribution in [3.05, 3.63) is 226 Å². The minimum absolute atomic E-state index is 0.137. The molecule has 0 bridgehead atoms. The Morgan fingerprint density at radius 3 is 1.09 bits per heavy atom. The van der Waals surface area contributed by atoms with E-state index in [4.69, 9.17) is 0 Å². The van der Waals surface area contributed by atoms with E-state index in [1.165, 1.54) is 121 Å². The summed E-state index contributed by atoms with van der Waals surface area (Å²) in [5.74, 6) is 0. The van der Waals surface area contributed by atoms with Gasteiger partial charge in [0.2, 0.25) is 13.4 Å². The summed E-state index contributed by atoms with van der Waals surface area (Å²) in [5, 5.41) is 29.6. The zero-order chi connectivity index (χ0) is 52.6. The van der Waals surface area contributed by atoms with Gasteiger partial charge in [0.25, 0.3) is 0 Å². The first-order chi connectivity index (χ1) is 38.1. The lowest BCUT2D eigenvalue weighted by atomic mass is 9.31. The first kappa shape index (κ1) is 44.7. The van der Waals surface area contributed by atoms with E-state index in [1.54, 1.807) is 0 Å². The van der Waals surface area contributed by atoms with Crippen LogP contribution in [-0.2, 0) is 0 Å². The van der Waals surface area contributed by atoms with Crippen LogP contribution in [0.5, 0.6) is 0 Å². The Bertz CT molecular complexity index is 4440. The number of nitriles is 2. The number of benzene rings is 12. The molecule has 0 radical (unpaired) electrons. The van der Waals surface area contributed by atoms with Crippen molar-refractivity contribution in [2.45, 2.75) is 41.5 Å². The second kappa shape index (κ2) is 16.0. The maximum atomic E-state index is 11.1. The molecule has 12 aromatic carbocycles. The molecule has 0 saturated carbocycles. The largest absolute Gasteiger partial charge is 0.311 e. The number of rotatable bonds is 4. The van der Waals surface area contributed by atoms with E-state index in [0.29, 0.717) is 11.1 Å². The van der Waals surface area contributed by atoms with Gasteiger partial charge in [0, 0.05) is 34.1 Å². The summed E-state index contributed by atoms with van der Waals surface area (Å²) in [5.41, 5.74) is 32.0. The highest BCUT2D eigenvalue weighted by Crippen LogP contribution is 2.53. The third-order valence-electron chi connectivity index (χ3n) is 17.9. The zero-order valence-electron chi connectivity index (χ0n) is 44.3. The third-order valence-corrected chi connectivity index (χ3v) is 17.9. The van der Waals surface area contributed by atoms with Crippen molar-refractivity contribution in [1.82, 2.24) is 0 Å². The van der Waals surface area contributed by atoms with Crippen molar-refractivity contribution in [1.29, 1.82) is 10.5 Å². The van der Waals surface area contributed by atoms with E-state index >= 15 is 0 Å². The molecule has 12 aromatic rings. The normalized spacial score (nSPS) is 13.1. The molecule has 0 amide bonds. The average molecular weight is 991 g/mol. The predicted molar refractivity (Wildman–Crippen MR) is 328 cm³/mol. The Kier molecular flexibility index (Phi) is 9.14. The molecule has 0 spiro atoms. The number of para-hydroxylation sites is 4. The molecule has 6 heteroatoms. The van der Waals surface area contributed by atoms with Gasteiger partial charge in [-0.2, -0.15) is 10.5 Å². The zero-order valence-corrected chi connectivity index (χ0v) is 44.3. The van der Waals surface area contributed by atoms with E-state index in [0.717, 1.165) is 56.4 Å². The minimum Gasteiger partial charge on any atom is -0.311 e. The molecular formula is C72H48B2N4. The average Bonchev–Trinajstić information content (AvgIpc) is 2.38. The number of fused-ring (bicyclic) bond motifs is 8. The van der Waals surface area contributed by atoms with Crippen molar-refractivity contribution in [3.63, 3.8) is 0 Å². The number of nitrogens with zero attached hydrogens (tertiary/aromatic N) is 4. The van der Waals surface area contributed by atoms with Crippen molar-refractivity contribution in [2.75, 3.05) is 9.80 Å². The minimum atomic E-state index is -0.137. The highest BCUT2D eigenvalue weighted by atomic mass is 15.2. The van der Waals surface area contributed by atoms with Gasteiger partial charge >= 0.3 is 0 Å². The van der Waals surface area contributed by atoms with Gasteiger partial charge in [0.15, 0.2) is 0 Å². The molecule has 0 unspecified atom stereocenters. The van der Waals surface area contributed by atoms with Gasteiger partial charge in [-0.25, -0.2) is 0 Å². The van der Waals surface area contributed by atoms with Crippen LogP contribution in [0.4, 0.5) is 34.1 Å². The third kappa shape index (κ3) is 5.84. The summed E-state index contributed by atoms with van der Waals surface area (Å²) in [6, 6.07) is 72.7. The van der Waals surface area contributed by atoms with Crippen LogP contribution in [0.25, 0.3) is 76.8 Å². The fourth-order valence-electron chi connectivity index (χ4n) is 15.4. The number of anilines is 6. The SMILES string of the molecule is Cc1cc(C)c(-c2cc3c4c(cc5c(-c6c(C)cc(C)cc6C)cc6c7c(cc2c4c57)B2c4ccccc4N(c4ccccc4)c4cc(C#N)cc-6c42)B2c4ccccc4N(c4ccccc4)c4cc(C#N)cc-3c42)c(C)c1. The van der Waals surface area contributed by atoms with E-state index in [-0.39, 0.29) is 13.4 Å². The van der Waals surface area contributed by atoms with Crippen molar-refractivity contribution in [3.8, 4) is 56.6 Å². The van der Waals surface area contributed by atoms with Crippen LogP contribution in [0.1, 0.15) is 44.5 Å². The quantitative estimate of drug-likeness (QED) is 0.130. The van der Waals surface area contributed by atoms with E-state index in [9.17, 15) is 10.5 Å². The molecule has 78 heavy (non-hydrogen) atoms. The second-order valence-corrected chi connectivity index (χ2v) is 22.5. The van der Waals surface area contributed by atoms with Gasteiger partial charge in [-0.05, 0) is 235 Å². The molecule has 4 aliphatic heterocycles. The lowest BCUT2D eigenvalue weighted by Crippen LogP contribution is -2.60. The highest BCUT2D eigenvalue weighted by molar-refractivity contribution is 7.02. The number of hydrogen-bond donors (Lipinski definition) is 0. The predicted octanol–water partition coefficient (Wildman–Crippen LogP) is 14.1. The lowest BCUT2D eigenvalue weighted by molar-refractivity contribution is 1.29. The summed E-state index contributed by atoms with van der Waals surface area (Å²) >= 11 is 0. The molecular weight excluding hydrogens is 942 g/mol. The van der Waals surface area contributed by atoms with Crippen LogP contribution in [0.2, 0.25) is 0 Å². The molecule has 0 aromatic heterocycles. The fraction of sp³-hybridized carbons (Fsp3) is 0.0833. The van der Waals surface area contributed by atoms with E-state index in [2.05, 4.69) is 245 Å². The van der Waals surface area contributed by atoms with Gasteiger partial charge in [0.05, 0.1) is 23.3 Å². The van der Waals surface area contributed by atoms with Crippen LogP contribution in [0, 0.1) is 64.2 Å². The Hall–Kier alpha value is -9.61. The maximum Gasteiger partial charge on any atom is 0.248 e. The number of aryl methyl sites for hydroxylation is 6. The van der Waals surface area contributed by atoms with Gasteiger partial charge < -0.3 is 9.80 Å². The summed E-state index contributed by atoms with van der Waals surface area (Å²) in [7, 11) is 0. The maximum absolute atomic E-state index is 11.1. The van der Waals surface area contributed by atoms with Crippen LogP contribution >= 0.6 is 0 Å². The smallest absolute Gasteiger partial charge is 0.248 e. The van der Waals surface area contributed by atoms with Gasteiger partial charge in [-0.1, -0.05) is 131 Å². The molecule has 0 aliphatic carbocycles. The molecule has 0 saturated heterocycles. The standard InChI is InChI=1S/C72H48B2N4/c1-39-25-41(3)65(42(4)26-39)49-33-51-55-29-45(37-75)31-63-71(55)74(58-22-14-16-24-62(58)77(63)47-17-9-7-10-18-47)60-36-54-50(66-43(5)27-40(2)28-44(66)6)34-52-56-30-46(38-76)32-64-72(56)73(59-35-53(49)69(67(51)60)70(54)68(52)59)57-21-13-15-23-61(57)78(64)48-19-11-8-12-20-48/h7-36H,1-6H3. The van der Waals surface area contributed by atoms with Crippen LogP contribution in [0.3, 0.4) is 0 Å². The molecule has 362 valence electrons. The van der Waals surface area contributed by atoms with Crippen molar-refractivity contribution < 1.29 is 0 Å².